The minimum Gasteiger partial charge on any atom is -0.497 e. The smallest absolute Gasteiger partial charge is 0.220 e. The molecule has 0 spiro atoms. The Hall–Kier alpha value is -4.65. The van der Waals surface area contributed by atoms with E-state index in [0.717, 1.165) is 33.3 Å². The first-order valence-corrected chi connectivity index (χ1v) is 13.3. The third kappa shape index (κ3) is 6.31. The number of amides is 1. The standard InChI is InChI=1S/C33H32FN3O3/c1-39-27-17-24(18-28(19-27)40-2)30(20-33(38)36-16-14-26-7-5-6-15-35-26)31-22-37(32-9-4-3-8-29(31)32)21-23-10-12-25(34)13-11-23/h3-13,15,17-19,22,30H,14,16,20-21H2,1-2H3,(H,36,38)/t30-/m0/s1. The van der Waals surface area contributed by atoms with Crippen LogP contribution in [0.2, 0.25) is 0 Å². The first-order chi connectivity index (χ1) is 19.5. The lowest BCUT2D eigenvalue weighted by atomic mass is 9.87. The van der Waals surface area contributed by atoms with Gasteiger partial charge >= 0.3 is 0 Å². The molecule has 0 bridgehead atoms. The largest absolute Gasteiger partial charge is 0.497 e. The van der Waals surface area contributed by atoms with Crippen molar-refractivity contribution in [3.05, 3.63) is 126 Å². The van der Waals surface area contributed by atoms with Crippen molar-refractivity contribution in [3.63, 3.8) is 0 Å². The first kappa shape index (κ1) is 26.9. The molecule has 5 aromatic rings. The number of rotatable bonds is 11. The number of pyridine rings is 1. The monoisotopic (exact) mass is 537 g/mol. The number of fused-ring (bicyclic) bond motifs is 1. The molecule has 7 heteroatoms. The normalized spacial score (nSPS) is 11.8. The van der Waals surface area contributed by atoms with Gasteiger partial charge in [-0.25, -0.2) is 4.39 Å². The summed E-state index contributed by atoms with van der Waals surface area (Å²) in [6.45, 7) is 1.07. The summed E-state index contributed by atoms with van der Waals surface area (Å²) in [6.07, 6.45) is 4.75. The number of nitrogens with zero attached hydrogens (tertiary/aromatic N) is 2. The average Bonchev–Trinajstić information content (AvgIpc) is 3.35. The number of benzene rings is 3. The Bertz CT molecular complexity index is 1560. The zero-order valence-corrected chi connectivity index (χ0v) is 22.6. The van der Waals surface area contributed by atoms with Crippen molar-refractivity contribution in [2.75, 3.05) is 20.8 Å². The van der Waals surface area contributed by atoms with Crippen LogP contribution >= 0.6 is 0 Å². The lowest BCUT2D eigenvalue weighted by molar-refractivity contribution is -0.121. The number of nitrogens with one attached hydrogen (secondary N) is 1. The molecule has 40 heavy (non-hydrogen) atoms. The molecule has 5 rings (SSSR count). The average molecular weight is 538 g/mol. The summed E-state index contributed by atoms with van der Waals surface area (Å²) >= 11 is 0. The molecular weight excluding hydrogens is 505 g/mol. The zero-order chi connectivity index (χ0) is 27.9. The Morgan fingerprint density at radius 3 is 2.38 bits per heavy atom. The molecule has 6 nitrogen and oxygen atoms in total. The van der Waals surface area contributed by atoms with Gasteiger partial charge < -0.3 is 19.4 Å². The van der Waals surface area contributed by atoms with Crippen molar-refractivity contribution in [3.8, 4) is 11.5 Å². The number of hydrogen-bond acceptors (Lipinski definition) is 4. The van der Waals surface area contributed by atoms with Gasteiger partial charge in [0.2, 0.25) is 5.91 Å². The minimum absolute atomic E-state index is 0.0573. The van der Waals surface area contributed by atoms with E-state index in [9.17, 15) is 9.18 Å². The fourth-order valence-corrected chi connectivity index (χ4v) is 5.04. The van der Waals surface area contributed by atoms with E-state index in [1.807, 2.05) is 48.5 Å². The summed E-state index contributed by atoms with van der Waals surface area (Å²) < 4.78 is 26.8. The third-order valence-corrected chi connectivity index (χ3v) is 7.06. The van der Waals surface area contributed by atoms with Gasteiger partial charge in [0.25, 0.3) is 0 Å². The van der Waals surface area contributed by atoms with Crippen molar-refractivity contribution in [2.45, 2.75) is 25.3 Å². The highest BCUT2D eigenvalue weighted by Crippen LogP contribution is 2.38. The summed E-state index contributed by atoms with van der Waals surface area (Å²) in [5, 5.41) is 4.13. The number of carbonyl (C=O) groups excluding carboxylic acids is 1. The zero-order valence-electron chi connectivity index (χ0n) is 22.6. The number of hydrogen-bond donors (Lipinski definition) is 1. The van der Waals surface area contributed by atoms with Crippen LogP contribution in [0, 0.1) is 5.82 Å². The molecule has 0 unspecified atom stereocenters. The van der Waals surface area contributed by atoms with E-state index in [0.29, 0.717) is 31.0 Å². The second-order valence-corrected chi connectivity index (χ2v) is 9.68. The molecule has 0 aliphatic carbocycles. The Morgan fingerprint density at radius 1 is 0.950 bits per heavy atom. The maximum atomic E-state index is 13.5. The fourth-order valence-electron chi connectivity index (χ4n) is 5.04. The van der Waals surface area contributed by atoms with Crippen LogP contribution in [-0.2, 0) is 17.8 Å². The van der Waals surface area contributed by atoms with E-state index in [2.05, 4.69) is 33.2 Å². The van der Waals surface area contributed by atoms with Crippen molar-refractivity contribution in [1.82, 2.24) is 14.9 Å². The Morgan fingerprint density at radius 2 is 1.68 bits per heavy atom. The van der Waals surface area contributed by atoms with Gasteiger partial charge in [-0.15, -0.1) is 0 Å². The molecule has 1 amide bonds. The van der Waals surface area contributed by atoms with Crippen LogP contribution in [0.25, 0.3) is 10.9 Å². The summed E-state index contributed by atoms with van der Waals surface area (Å²) in [5.74, 6) is 0.731. The number of aromatic nitrogens is 2. The molecule has 0 radical (unpaired) electrons. The molecule has 0 saturated carbocycles. The molecule has 3 aromatic carbocycles. The number of ether oxygens (including phenoxy) is 2. The number of methoxy groups -OCH3 is 2. The van der Waals surface area contributed by atoms with Crippen LogP contribution in [0.15, 0.2) is 97.3 Å². The molecule has 2 heterocycles. The molecule has 0 saturated heterocycles. The third-order valence-electron chi connectivity index (χ3n) is 7.06. The van der Waals surface area contributed by atoms with E-state index in [-0.39, 0.29) is 24.1 Å². The number of carbonyl (C=O) groups is 1. The highest BCUT2D eigenvalue weighted by Gasteiger charge is 2.24. The van der Waals surface area contributed by atoms with Gasteiger partial charge in [0.05, 0.1) is 14.2 Å². The highest BCUT2D eigenvalue weighted by molar-refractivity contribution is 5.87. The summed E-state index contributed by atoms with van der Waals surface area (Å²) in [7, 11) is 3.24. The number of para-hydroxylation sites is 1. The van der Waals surface area contributed by atoms with Gasteiger partial charge in [-0.1, -0.05) is 36.4 Å². The van der Waals surface area contributed by atoms with Crippen molar-refractivity contribution in [2.24, 2.45) is 0 Å². The van der Waals surface area contributed by atoms with Gasteiger partial charge in [0.1, 0.15) is 17.3 Å². The van der Waals surface area contributed by atoms with Crippen molar-refractivity contribution < 1.29 is 18.7 Å². The van der Waals surface area contributed by atoms with E-state index >= 15 is 0 Å². The Balaban J connectivity index is 1.50. The van der Waals surface area contributed by atoms with E-state index in [1.54, 1.807) is 32.5 Å². The minimum atomic E-state index is -0.266. The highest BCUT2D eigenvalue weighted by atomic mass is 19.1. The quantitative estimate of drug-likeness (QED) is 0.220. The summed E-state index contributed by atoms with van der Waals surface area (Å²) in [6, 6.07) is 26.2. The molecule has 0 aliphatic heterocycles. The molecule has 1 atom stereocenters. The van der Waals surface area contributed by atoms with Crippen molar-refractivity contribution in [1.29, 1.82) is 0 Å². The maximum absolute atomic E-state index is 13.5. The molecule has 2 aromatic heterocycles. The SMILES string of the molecule is COc1cc(OC)cc([C@H](CC(=O)NCCc2ccccn2)c2cn(Cc3ccc(F)cc3)c3ccccc23)c1. The second kappa shape index (κ2) is 12.5. The van der Waals surface area contributed by atoms with Crippen LogP contribution in [-0.4, -0.2) is 36.2 Å². The van der Waals surface area contributed by atoms with Crippen LogP contribution in [0.1, 0.15) is 34.7 Å². The Kier molecular flexibility index (Phi) is 8.40. The maximum Gasteiger partial charge on any atom is 0.220 e. The predicted molar refractivity (Wildman–Crippen MR) is 154 cm³/mol. The van der Waals surface area contributed by atoms with E-state index in [1.165, 1.54) is 12.1 Å². The molecule has 1 N–H and O–H groups in total. The van der Waals surface area contributed by atoms with Crippen LogP contribution in [0.4, 0.5) is 4.39 Å². The van der Waals surface area contributed by atoms with Gasteiger partial charge in [-0.05, 0) is 59.2 Å². The Labute approximate surface area is 233 Å². The van der Waals surface area contributed by atoms with Gasteiger partial charge in [0, 0.05) is 66.9 Å². The predicted octanol–water partition coefficient (Wildman–Crippen LogP) is 6.12. The first-order valence-electron chi connectivity index (χ1n) is 13.3. The van der Waals surface area contributed by atoms with Gasteiger partial charge in [0.15, 0.2) is 0 Å². The molecule has 0 fully saturated rings. The van der Waals surface area contributed by atoms with E-state index < -0.39 is 0 Å². The molecule has 0 aliphatic rings. The van der Waals surface area contributed by atoms with Gasteiger partial charge in [-0.3, -0.25) is 9.78 Å². The van der Waals surface area contributed by atoms with Gasteiger partial charge in [-0.2, -0.15) is 0 Å². The molecule has 204 valence electrons. The van der Waals surface area contributed by atoms with Crippen molar-refractivity contribution >= 4 is 16.8 Å². The lowest BCUT2D eigenvalue weighted by Gasteiger charge is -2.19. The second-order valence-electron chi connectivity index (χ2n) is 9.68. The van der Waals surface area contributed by atoms with E-state index in [4.69, 9.17) is 9.47 Å². The summed E-state index contributed by atoms with van der Waals surface area (Å²) in [5.41, 5.74) is 4.90. The van der Waals surface area contributed by atoms with Crippen LogP contribution in [0.3, 0.4) is 0 Å². The number of halogens is 1. The van der Waals surface area contributed by atoms with Crippen LogP contribution < -0.4 is 14.8 Å². The summed E-state index contributed by atoms with van der Waals surface area (Å²) in [4.78, 5) is 17.7. The topological polar surface area (TPSA) is 65.4 Å². The molecular formula is C33H32FN3O3. The lowest BCUT2D eigenvalue weighted by Crippen LogP contribution is -2.27. The van der Waals surface area contributed by atoms with Crippen LogP contribution in [0.5, 0.6) is 11.5 Å². The fraction of sp³-hybridized carbons (Fsp3) is 0.212.